The Balaban J connectivity index is 1.93. The van der Waals surface area contributed by atoms with Gasteiger partial charge < -0.3 is 23.7 Å². The van der Waals surface area contributed by atoms with Crippen molar-refractivity contribution in [2.75, 3.05) is 13.6 Å². The molecule has 2 heterocycles. The zero-order valence-corrected chi connectivity index (χ0v) is 13.3. The summed E-state index contributed by atoms with van der Waals surface area (Å²) >= 11 is 0. The van der Waals surface area contributed by atoms with Crippen LogP contribution < -0.4 is 23.7 Å². The van der Waals surface area contributed by atoms with Gasteiger partial charge in [0.15, 0.2) is 23.0 Å². The van der Waals surface area contributed by atoms with Crippen LogP contribution in [0.3, 0.4) is 0 Å². The highest BCUT2D eigenvalue weighted by atomic mass is 16.7. The maximum atomic E-state index is 6.14. The van der Waals surface area contributed by atoms with Gasteiger partial charge in [0.25, 0.3) is 0 Å². The van der Waals surface area contributed by atoms with Gasteiger partial charge in [0.05, 0.1) is 5.56 Å². The summed E-state index contributed by atoms with van der Waals surface area (Å²) in [5.41, 5.74) is 1.37. The van der Waals surface area contributed by atoms with Crippen LogP contribution in [0.25, 0.3) is 11.1 Å². The Morgan fingerprint density at radius 2 is 1.52 bits per heavy atom. The molecule has 4 rings (SSSR count). The number of benzene rings is 2. The first-order chi connectivity index (χ1) is 11.0. The molecule has 0 N–H and O–H groups in total. The SMILES string of the molecule is CC(C)(C)Oc1ccc2c(c1-c1cccc3c1OCO3)OCO2. The number of hydrogen-bond donors (Lipinski definition) is 0. The van der Waals surface area contributed by atoms with Gasteiger partial charge >= 0.3 is 0 Å². The third-order valence-electron chi connectivity index (χ3n) is 3.58. The van der Waals surface area contributed by atoms with E-state index in [1.54, 1.807) is 0 Å². The van der Waals surface area contributed by atoms with Crippen LogP contribution in [-0.2, 0) is 0 Å². The molecule has 0 fully saturated rings. The number of ether oxygens (including phenoxy) is 5. The molecule has 5 nitrogen and oxygen atoms in total. The van der Waals surface area contributed by atoms with E-state index in [0.29, 0.717) is 17.2 Å². The van der Waals surface area contributed by atoms with Crippen LogP contribution in [0.1, 0.15) is 20.8 Å². The Kier molecular flexibility index (Phi) is 3.04. The lowest BCUT2D eigenvalue weighted by Crippen LogP contribution is -2.23. The quantitative estimate of drug-likeness (QED) is 0.839. The predicted octanol–water partition coefficient (Wildman–Crippen LogP) is 3.99. The monoisotopic (exact) mass is 314 g/mol. The number of para-hydroxylation sites is 1. The van der Waals surface area contributed by atoms with Crippen LogP contribution in [0.2, 0.25) is 0 Å². The molecule has 0 saturated heterocycles. The summed E-state index contributed by atoms with van der Waals surface area (Å²) in [6.07, 6.45) is 0. The zero-order valence-electron chi connectivity index (χ0n) is 13.3. The fourth-order valence-electron chi connectivity index (χ4n) is 2.75. The van der Waals surface area contributed by atoms with Crippen molar-refractivity contribution in [3.8, 4) is 39.9 Å². The van der Waals surface area contributed by atoms with Crippen molar-refractivity contribution in [3.05, 3.63) is 30.3 Å². The van der Waals surface area contributed by atoms with Gasteiger partial charge in [-0.2, -0.15) is 0 Å². The fraction of sp³-hybridized carbons (Fsp3) is 0.333. The van der Waals surface area contributed by atoms with Gasteiger partial charge in [-0.15, -0.1) is 0 Å². The minimum absolute atomic E-state index is 0.202. The van der Waals surface area contributed by atoms with Crippen molar-refractivity contribution < 1.29 is 23.7 Å². The van der Waals surface area contributed by atoms with E-state index in [4.69, 9.17) is 23.7 Å². The zero-order chi connectivity index (χ0) is 16.0. The number of hydrogen-bond acceptors (Lipinski definition) is 5. The molecule has 2 aromatic carbocycles. The summed E-state index contributed by atoms with van der Waals surface area (Å²) in [4.78, 5) is 0. The Morgan fingerprint density at radius 1 is 0.826 bits per heavy atom. The van der Waals surface area contributed by atoms with Crippen molar-refractivity contribution in [1.82, 2.24) is 0 Å². The number of rotatable bonds is 2. The molecular formula is C18H18O5. The van der Waals surface area contributed by atoms with E-state index < -0.39 is 0 Å². The van der Waals surface area contributed by atoms with Gasteiger partial charge in [0, 0.05) is 5.56 Å². The Morgan fingerprint density at radius 3 is 2.26 bits per heavy atom. The van der Waals surface area contributed by atoms with Gasteiger partial charge in [0.1, 0.15) is 11.4 Å². The van der Waals surface area contributed by atoms with Crippen molar-refractivity contribution >= 4 is 0 Å². The van der Waals surface area contributed by atoms with Crippen molar-refractivity contribution in [2.45, 2.75) is 26.4 Å². The second-order valence-electron chi connectivity index (χ2n) is 6.43. The highest BCUT2D eigenvalue weighted by Crippen LogP contribution is 2.52. The first kappa shape index (κ1) is 14.1. The molecule has 0 amide bonds. The summed E-state index contributed by atoms with van der Waals surface area (Å²) in [7, 11) is 0. The van der Waals surface area contributed by atoms with Gasteiger partial charge in [-0.05, 0) is 39.0 Å². The van der Waals surface area contributed by atoms with E-state index in [2.05, 4.69) is 0 Å². The van der Waals surface area contributed by atoms with E-state index >= 15 is 0 Å². The average molecular weight is 314 g/mol. The van der Waals surface area contributed by atoms with Gasteiger partial charge in [-0.25, -0.2) is 0 Å². The van der Waals surface area contributed by atoms with Crippen LogP contribution in [0.5, 0.6) is 28.7 Å². The molecule has 0 saturated carbocycles. The molecular weight excluding hydrogens is 296 g/mol. The molecule has 2 aliphatic heterocycles. The maximum Gasteiger partial charge on any atom is 0.231 e. The third kappa shape index (κ3) is 2.42. The van der Waals surface area contributed by atoms with Crippen LogP contribution in [0.15, 0.2) is 30.3 Å². The summed E-state index contributed by atoms with van der Waals surface area (Å²) in [5.74, 6) is 3.54. The van der Waals surface area contributed by atoms with E-state index in [1.165, 1.54) is 0 Å². The topological polar surface area (TPSA) is 46.2 Å². The van der Waals surface area contributed by atoms with E-state index in [-0.39, 0.29) is 19.2 Å². The summed E-state index contributed by atoms with van der Waals surface area (Å²) in [5, 5.41) is 0. The number of fused-ring (bicyclic) bond motifs is 2. The molecule has 5 heteroatoms. The lowest BCUT2D eigenvalue weighted by Gasteiger charge is -2.24. The van der Waals surface area contributed by atoms with Crippen molar-refractivity contribution in [3.63, 3.8) is 0 Å². The lowest BCUT2D eigenvalue weighted by atomic mass is 10.0. The molecule has 23 heavy (non-hydrogen) atoms. The normalized spacial score (nSPS) is 14.9. The van der Waals surface area contributed by atoms with Crippen LogP contribution in [0, 0.1) is 0 Å². The summed E-state index contributed by atoms with van der Waals surface area (Å²) in [6.45, 7) is 6.45. The highest BCUT2D eigenvalue weighted by molar-refractivity contribution is 5.85. The molecule has 0 radical (unpaired) electrons. The molecule has 2 aliphatic rings. The first-order valence-corrected chi connectivity index (χ1v) is 7.53. The van der Waals surface area contributed by atoms with Gasteiger partial charge in [-0.1, -0.05) is 12.1 Å². The van der Waals surface area contributed by atoms with Crippen LogP contribution in [0.4, 0.5) is 0 Å². The average Bonchev–Trinajstić information content (AvgIpc) is 3.13. The molecule has 2 aromatic rings. The van der Waals surface area contributed by atoms with E-state index in [9.17, 15) is 0 Å². The molecule has 0 spiro atoms. The molecule has 120 valence electrons. The standard InChI is InChI=1S/C18H18O5/c1-18(2,3)23-12-7-8-14-17(22-10-20-14)15(12)11-5-4-6-13-16(11)21-9-19-13/h4-8H,9-10H2,1-3H3. The minimum Gasteiger partial charge on any atom is -0.487 e. The van der Waals surface area contributed by atoms with Crippen LogP contribution in [-0.4, -0.2) is 19.2 Å². The highest BCUT2D eigenvalue weighted by Gasteiger charge is 2.29. The predicted molar refractivity (Wildman–Crippen MR) is 84.5 cm³/mol. The molecule has 0 atom stereocenters. The van der Waals surface area contributed by atoms with Gasteiger partial charge in [0.2, 0.25) is 13.6 Å². The van der Waals surface area contributed by atoms with Crippen molar-refractivity contribution in [2.24, 2.45) is 0 Å². The smallest absolute Gasteiger partial charge is 0.231 e. The van der Waals surface area contributed by atoms with E-state index in [1.807, 2.05) is 51.1 Å². The first-order valence-electron chi connectivity index (χ1n) is 7.53. The van der Waals surface area contributed by atoms with Crippen LogP contribution >= 0.6 is 0 Å². The van der Waals surface area contributed by atoms with Gasteiger partial charge in [-0.3, -0.25) is 0 Å². The summed E-state index contributed by atoms with van der Waals surface area (Å²) in [6, 6.07) is 9.56. The fourth-order valence-corrected chi connectivity index (χ4v) is 2.75. The molecule has 0 aliphatic carbocycles. The third-order valence-corrected chi connectivity index (χ3v) is 3.58. The second kappa shape index (κ2) is 4.98. The molecule has 0 unspecified atom stereocenters. The van der Waals surface area contributed by atoms with E-state index in [0.717, 1.165) is 22.6 Å². The largest absolute Gasteiger partial charge is 0.487 e. The maximum absolute atomic E-state index is 6.14. The minimum atomic E-state index is -0.336. The Bertz CT molecular complexity index is 761. The Labute approximate surface area is 134 Å². The molecule has 0 aromatic heterocycles. The lowest BCUT2D eigenvalue weighted by molar-refractivity contribution is 0.131. The molecule has 0 bridgehead atoms. The Hall–Kier alpha value is -2.56. The second-order valence-corrected chi connectivity index (χ2v) is 6.43. The van der Waals surface area contributed by atoms with Crippen molar-refractivity contribution in [1.29, 1.82) is 0 Å². The summed E-state index contributed by atoms with van der Waals surface area (Å²) < 4.78 is 28.5.